The van der Waals surface area contributed by atoms with E-state index in [1.165, 1.54) is 46.2 Å². The van der Waals surface area contributed by atoms with Crippen LogP contribution < -0.4 is 10.6 Å². The normalized spacial score (nSPS) is 16.8. The number of nitrogens with zero attached hydrogens (tertiary/aromatic N) is 1. The summed E-state index contributed by atoms with van der Waals surface area (Å²) in [6, 6.07) is 11.9. The monoisotopic (exact) mass is 521 g/mol. The van der Waals surface area contributed by atoms with Crippen LogP contribution in [0, 0.1) is 0 Å². The smallest absolute Gasteiger partial charge is 0.261 e. The van der Waals surface area contributed by atoms with Crippen LogP contribution in [0.4, 0.5) is 0 Å². The number of halogens is 1. The molecule has 1 aromatic carbocycles. The summed E-state index contributed by atoms with van der Waals surface area (Å²) < 4.78 is 33.6. The number of rotatable bonds is 8. The van der Waals surface area contributed by atoms with Gasteiger partial charge in [0.2, 0.25) is 15.9 Å². The summed E-state index contributed by atoms with van der Waals surface area (Å²) in [7, 11) is -4.01. The highest BCUT2D eigenvalue weighted by molar-refractivity contribution is 7.89. The van der Waals surface area contributed by atoms with Crippen molar-refractivity contribution in [2.45, 2.75) is 43.3 Å². The fraction of sp³-hybridized carbons (Fsp3) is 0.304. The molecule has 2 aromatic heterocycles. The van der Waals surface area contributed by atoms with E-state index in [4.69, 9.17) is 16.0 Å². The molecule has 180 valence electrons. The molecular formula is C23H24ClN3O5S2. The van der Waals surface area contributed by atoms with Crippen LogP contribution in [-0.4, -0.2) is 37.1 Å². The van der Waals surface area contributed by atoms with E-state index in [0.717, 1.165) is 12.8 Å². The predicted molar refractivity (Wildman–Crippen MR) is 129 cm³/mol. The number of hydrogen-bond acceptors (Lipinski definition) is 6. The van der Waals surface area contributed by atoms with Crippen LogP contribution in [0.3, 0.4) is 0 Å². The summed E-state index contributed by atoms with van der Waals surface area (Å²) in [5.74, 6) is 0.0275. The second kappa shape index (κ2) is 10.7. The van der Waals surface area contributed by atoms with Gasteiger partial charge in [0.1, 0.15) is 11.8 Å². The van der Waals surface area contributed by atoms with Crippen molar-refractivity contribution < 1.29 is 22.4 Å². The molecule has 0 unspecified atom stereocenters. The first-order chi connectivity index (χ1) is 16.3. The Balaban J connectivity index is 1.58. The van der Waals surface area contributed by atoms with Crippen molar-refractivity contribution in [2.75, 3.05) is 6.54 Å². The fourth-order valence-electron chi connectivity index (χ4n) is 3.71. The molecule has 4 rings (SSSR count). The predicted octanol–water partition coefficient (Wildman–Crippen LogP) is 3.78. The average Bonchev–Trinajstić information content (AvgIpc) is 3.47. The van der Waals surface area contributed by atoms with Crippen molar-refractivity contribution >= 4 is 44.8 Å². The molecule has 0 bridgehead atoms. The Hall–Kier alpha value is -2.66. The second-order valence-corrected chi connectivity index (χ2v) is 11.3. The molecule has 11 heteroatoms. The van der Waals surface area contributed by atoms with Crippen LogP contribution >= 0.6 is 22.9 Å². The van der Waals surface area contributed by atoms with Crippen molar-refractivity contribution in [2.24, 2.45) is 0 Å². The van der Waals surface area contributed by atoms with E-state index in [1.807, 2.05) is 0 Å². The number of nitrogens with one attached hydrogen (secondary N) is 2. The molecule has 3 heterocycles. The van der Waals surface area contributed by atoms with Crippen molar-refractivity contribution in [3.63, 3.8) is 0 Å². The van der Waals surface area contributed by atoms with E-state index in [2.05, 4.69) is 10.6 Å². The van der Waals surface area contributed by atoms with Gasteiger partial charge in [0, 0.05) is 23.0 Å². The van der Waals surface area contributed by atoms with Crippen molar-refractivity contribution in [1.82, 2.24) is 14.9 Å². The highest BCUT2D eigenvalue weighted by atomic mass is 35.5. The molecule has 2 amide bonds. The lowest BCUT2D eigenvalue weighted by Crippen LogP contribution is -2.48. The van der Waals surface area contributed by atoms with Gasteiger partial charge in [-0.1, -0.05) is 11.6 Å². The van der Waals surface area contributed by atoms with Gasteiger partial charge < -0.3 is 15.1 Å². The minimum Gasteiger partial charge on any atom is -0.467 e. The Morgan fingerprint density at radius 1 is 1.18 bits per heavy atom. The van der Waals surface area contributed by atoms with Gasteiger partial charge in [-0.2, -0.15) is 4.31 Å². The number of furan rings is 1. The van der Waals surface area contributed by atoms with Crippen LogP contribution in [0.25, 0.3) is 0 Å². The molecule has 2 N–H and O–H groups in total. The number of hydrogen-bond donors (Lipinski definition) is 2. The number of carbonyl (C=O) groups excluding carboxylic acids is 2. The highest BCUT2D eigenvalue weighted by Crippen LogP contribution is 2.28. The molecule has 1 aliphatic heterocycles. The topological polar surface area (TPSA) is 109 Å². The Morgan fingerprint density at radius 3 is 2.71 bits per heavy atom. The van der Waals surface area contributed by atoms with Crippen molar-refractivity contribution in [1.29, 1.82) is 0 Å². The molecule has 1 atom stereocenters. The second-order valence-electron chi connectivity index (χ2n) is 7.83. The Morgan fingerprint density at radius 2 is 1.97 bits per heavy atom. The van der Waals surface area contributed by atoms with Crippen LogP contribution in [0.2, 0.25) is 5.02 Å². The van der Waals surface area contributed by atoms with E-state index in [9.17, 15) is 18.0 Å². The molecule has 0 aliphatic carbocycles. The number of benzene rings is 1. The summed E-state index contributed by atoms with van der Waals surface area (Å²) >= 11 is 7.13. The maximum atomic E-state index is 13.6. The number of amides is 2. The molecule has 1 aliphatic rings. The molecule has 8 nitrogen and oxygen atoms in total. The van der Waals surface area contributed by atoms with Gasteiger partial charge in [0.05, 0.1) is 22.6 Å². The van der Waals surface area contributed by atoms with Gasteiger partial charge in [-0.05, 0) is 67.8 Å². The quantitative estimate of drug-likeness (QED) is 0.469. The zero-order valence-electron chi connectivity index (χ0n) is 18.2. The van der Waals surface area contributed by atoms with E-state index in [1.54, 1.807) is 24.3 Å². The van der Waals surface area contributed by atoms with Gasteiger partial charge in [-0.25, -0.2) is 8.42 Å². The van der Waals surface area contributed by atoms with Crippen LogP contribution in [0.1, 0.15) is 39.6 Å². The Bertz CT molecular complexity index is 1240. The number of carbonyl (C=O) groups is 2. The zero-order valence-corrected chi connectivity index (χ0v) is 20.6. The minimum absolute atomic E-state index is 0.0286. The van der Waals surface area contributed by atoms with Gasteiger partial charge >= 0.3 is 0 Å². The first kappa shape index (κ1) is 24.5. The minimum atomic E-state index is -4.01. The molecule has 0 radical (unpaired) electrons. The molecule has 3 aromatic rings. The zero-order chi connectivity index (χ0) is 24.1. The van der Waals surface area contributed by atoms with Gasteiger partial charge in [0.15, 0.2) is 0 Å². The average molecular weight is 522 g/mol. The summed E-state index contributed by atoms with van der Waals surface area (Å²) in [6.45, 7) is 0.737. The maximum absolute atomic E-state index is 13.6. The number of thiophene rings is 1. The summed E-state index contributed by atoms with van der Waals surface area (Å²) in [6.07, 6.45) is 3.46. The standard InChI is InChI=1S/C23H24ClN3O5S2/c24-16-6-9-19(10-7-16)34(30,31)27(20-5-1-2-12-25-22(20)28)15-18-8-11-21(33-18)23(29)26-14-17-4-3-13-32-17/h3-4,6-11,13,20H,1-2,5,12,14-15H2,(H,25,28)(H,26,29)/t20-/m1/s1. The summed E-state index contributed by atoms with van der Waals surface area (Å²) in [4.78, 5) is 26.5. The fourth-order valence-corrected chi connectivity index (χ4v) is 6.44. The molecule has 0 spiro atoms. The molecule has 34 heavy (non-hydrogen) atoms. The lowest BCUT2D eigenvalue weighted by atomic mass is 10.1. The lowest BCUT2D eigenvalue weighted by molar-refractivity contribution is -0.124. The van der Waals surface area contributed by atoms with Gasteiger partial charge in [-0.3, -0.25) is 9.59 Å². The van der Waals surface area contributed by atoms with E-state index in [-0.39, 0.29) is 29.8 Å². The largest absolute Gasteiger partial charge is 0.467 e. The van der Waals surface area contributed by atoms with E-state index in [0.29, 0.717) is 33.5 Å². The molecule has 1 saturated heterocycles. The SMILES string of the molecule is O=C(NCc1ccco1)c1ccc(CN([C@@H]2CCCCNC2=O)S(=O)(=O)c2ccc(Cl)cc2)s1. The third-order valence-electron chi connectivity index (χ3n) is 5.47. The Kier molecular flexibility index (Phi) is 7.72. The highest BCUT2D eigenvalue weighted by Gasteiger charge is 2.37. The van der Waals surface area contributed by atoms with Gasteiger partial charge in [-0.15, -0.1) is 11.3 Å². The van der Waals surface area contributed by atoms with Crippen LogP contribution in [0.15, 0.2) is 64.1 Å². The Labute approximate surface area is 207 Å². The molecule has 0 saturated carbocycles. The van der Waals surface area contributed by atoms with E-state index >= 15 is 0 Å². The number of sulfonamides is 1. The lowest BCUT2D eigenvalue weighted by Gasteiger charge is -2.28. The van der Waals surface area contributed by atoms with Crippen molar-refractivity contribution in [3.05, 3.63) is 75.3 Å². The first-order valence-corrected chi connectivity index (χ1v) is 13.4. The summed E-state index contributed by atoms with van der Waals surface area (Å²) in [5, 5.41) is 6.01. The van der Waals surface area contributed by atoms with Crippen molar-refractivity contribution in [3.8, 4) is 0 Å². The molecule has 1 fully saturated rings. The molecular weight excluding hydrogens is 498 g/mol. The third kappa shape index (κ3) is 5.69. The first-order valence-electron chi connectivity index (χ1n) is 10.8. The summed E-state index contributed by atoms with van der Waals surface area (Å²) in [5.41, 5.74) is 0. The van der Waals surface area contributed by atoms with Crippen LogP contribution in [-0.2, 0) is 27.9 Å². The van der Waals surface area contributed by atoms with Crippen LogP contribution in [0.5, 0.6) is 0 Å². The van der Waals surface area contributed by atoms with Gasteiger partial charge in [0.25, 0.3) is 5.91 Å². The third-order valence-corrected chi connectivity index (χ3v) is 8.66. The van der Waals surface area contributed by atoms with E-state index < -0.39 is 16.1 Å². The maximum Gasteiger partial charge on any atom is 0.261 e.